The van der Waals surface area contributed by atoms with Gasteiger partial charge in [0, 0.05) is 34.6 Å². The first-order valence-corrected chi connectivity index (χ1v) is 19.8. The van der Waals surface area contributed by atoms with Crippen LogP contribution in [-0.2, 0) is 37.3 Å². The molecule has 41 heavy (non-hydrogen) atoms. The van der Waals surface area contributed by atoms with Crippen LogP contribution >= 0.6 is 0 Å². The number of nitrogens with zero attached hydrogens (tertiary/aromatic N) is 3. The van der Waals surface area contributed by atoms with Crippen LogP contribution in [0.25, 0.3) is 0 Å². The topological polar surface area (TPSA) is 81.5 Å². The fraction of sp³-hybridized carbons (Fsp3) is 0.812. The molecule has 1 unspecified atom stereocenters. The van der Waals surface area contributed by atoms with Crippen LogP contribution in [0.15, 0.2) is 17.3 Å². The van der Waals surface area contributed by atoms with Gasteiger partial charge in [0.2, 0.25) is 0 Å². The Morgan fingerprint density at radius 1 is 1.10 bits per heavy atom. The van der Waals surface area contributed by atoms with Crippen molar-refractivity contribution >= 4 is 25.6 Å². The van der Waals surface area contributed by atoms with Gasteiger partial charge in [-0.1, -0.05) is 31.9 Å². The van der Waals surface area contributed by atoms with Crippen molar-refractivity contribution in [1.29, 1.82) is 0 Å². The van der Waals surface area contributed by atoms with E-state index in [0.717, 1.165) is 49.9 Å². The predicted octanol–water partition coefficient (Wildman–Crippen LogP) is 4.70. The van der Waals surface area contributed by atoms with Crippen LogP contribution in [0.3, 0.4) is 0 Å². The van der Waals surface area contributed by atoms with Gasteiger partial charge in [-0.3, -0.25) is 4.21 Å². The zero-order valence-corrected chi connectivity index (χ0v) is 27.4. The monoisotopic (exact) mass is 603 g/mol. The lowest BCUT2D eigenvalue weighted by molar-refractivity contribution is -0.0761. The quantitative estimate of drug-likeness (QED) is 0.362. The smallest absolute Gasteiger partial charge is 0.250 e. The fourth-order valence-corrected chi connectivity index (χ4v) is 12.8. The van der Waals surface area contributed by atoms with Crippen molar-refractivity contribution in [3.05, 3.63) is 28.6 Å². The molecule has 11 atom stereocenters. The largest absolute Gasteiger partial charge is 0.369 e. The summed E-state index contributed by atoms with van der Waals surface area (Å²) in [7, 11) is -5.67. The van der Waals surface area contributed by atoms with Gasteiger partial charge in [-0.25, -0.2) is 12.7 Å². The highest BCUT2D eigenvalue weighted by atomic mass is 32.2. The highest BCUT2D eigenvalue weighted by molar-refractivity contribution is 7.97. The lowest BCUT2D eigenvalue weighted by Crippen LogP contribution is -2.53. The third-order valence-corrected chi connectivity index (χ3v) is 15.1. The molecular weight excluding hydrogens is 555 g/mol. The Bertz CT molecular complexity index is 1510. The third-order valence-electron chi connectivity index (χ3n) is 12.8. The van der Waals surface area contributed by atoms with Gasteiger partial charge in [0.25, 0.3) is 10.0 Å². The van der Waals surface area contributed by atoms with Crippen LogP contribution < -0.4 is 0 Å². The Morgan fingerprint density at radius 3 is 2.56 bits per heavy atom. The molecule has 9 heteroatoms. The summed E-state index contributed by atoms with van der Waals surface area (Å²) in [5.41, 5.74) is 5.37. The molecule has 3 heterocycles. The summed E-state index contributed by atoms with van der Waals surface area (Å²) >= 11 is 0. The average Bonchev–Trinajstić information content (AvgIpc) is 3.50. The number of ether oxygens (including phenoxy) is 1. The molecule has 0 aromatic carbocycles. The number of rotatable bonds is 2. The third kappa shape index (κ3) is 4.29. The van der Waals surface area contributed by atoms with Crippen LogP contribution in [0.4, 0.5) is 0 Å². The van der Waals surface area contributed by atoms with Crippen LogP contribution in [0.5, 0.6) is 0 Å². The van der Waals surface area contributed by atoms with E-state index in [1.54, 1.807) is 17.3 Å². The van der Waals surface area contributed by atoms with Crippen molar-refractivity contribution in [3.63, 3.8) is 0 Å². The first-order valence-electron chi connectivity index (χ1n) is 15.8. The minimum atomic E-state index is -3.37. The van der Waals surface area contributed by atoms with E-state index < -0.39 is 19.7 Å². The van der Waals surface area contributed by atoms with E-state index in [1.807, 2.05) is 6.26 Å². The molecule has 1 spiro atoms. The lowest BCUT2D eigenvalue weighted by Gasteiger charge is -2.52. The molecule has 2 saturated heterocycles. The van der Waals surface area contributed by atoms with E-state index in [2.05, 4.69) is 43.0 Å². The van der Waals surface area contributed by atoms with Gasteiger partial charge in [-0.05, 0) is 111 Å². The minimum absolute atomic E-state index is 0.137. The van der Waals surface area contributed by atoms with Crippen LogP contribution in [-0.4, -0.2) is 68.8 Å². The standard InChI is InChI=1S/C32H49N3O4S2/c1-19-12-29-30(34(17-19)40(5,6)36)21(3)32(39-29)11-10-24-25-9-8-23-13-28-22(18-35(33-28)41(7,37)38)16-31(23,4)27(25)14-26(24)20(2)15-32/h18-19,21,23-25,27,29-30H,5,8-17H2,1-4,6-7H3/t19-,21+,23+,24-,25-,27-,29+,30-,31-,32-,40?/m0/s1. The molecule has 4 fully saturated rings. The maximum Gasteiger partial charge on any atom is 0.250 e. The second-order valence-corrected chi connectivity index (χ2v) is 19.6. The number of fused-ring (bicyclic) bond motifs is 7. The van der Waals surface area contributed by atoms with Gasteiger partial charge < -0.3 is 4.74 Å². The molecule has 228 valence electrons. The summed E-state index contributed by atoms with van der Waals surface area (Å²) in [5.74, 6) is 7.39. The predicted molar refractivity (Wildman–Crippen MR) is 165 cm³/mol. The number of hydrogen-bond donors (Lipinski definition) is 0. The van der Waals surface area contributed by atoms with E-state index in [-0.39, 0.29) is 23.2 Å². The first kappa shape index (κ1) is 28.6. The molecule has 1 aromatic heterocycles. The van der Waals surface area contributed by atoms with Crippen molar-refractivity contribution in [3.8, 4) is 0 Å². The zero-order chi connectivity index (χ0) is 29.3. The molecular formula is C32H49N3O4S2. The van der Waals surface area contributed by atoms with Crippen molar-refractivity contribution in [2.45, 2.75) is 103 Å². The van der Waals surface area contributed by atoms with Crippen LogP contribution in [0.2, 0.25) is 0 Å². The summed E-state index contributed by atoms with van der Waals surface area (Å²) in [5, 5.41) is 4.51. The molecule has 4 aliphatic carbocycles. The Morgan fingerprint density at radius 2 is 1.85 bits per heavy atom. The Hall–Kier alpha value is -1.16. The molecule has 0 amide bonds. The first-order chi connectivity index (χ1) is 19.1. The number of hydrogen-bond acceptors (Lipinski definition) is 5. The second kappa shape index (κ2) is 9.18. The van der Waals surface area contributed by atoms with E-state index in [9.17, 15) is 12.6 Å². The van der Waals surface area contributed by atoms with Crippen molar-refractivity contribution in [2.24, 2.45) is 40.9 Å². The van der Waals surface area contributed by atoms with Crippen molar-refractivity contribution in [1.82, 2.24) is 13.5 Å². The Labute approximate surface area is 247 Å². The maximum absolute atomic E-state index is 13.3. The summed E-state index contributed by atoms with van der Waals surface area (Å²) in [6.45, 7) is 10.4. The zero-order valence-electron chi connectivity index (χ0n) is 25.8. The van der Waals surface area contributed by atoms with Gasteiger partial charge in [0.15, 0.2) is 0 Å². The van der Waals surface area contributed by atoms with E-state index in [4.69, 9.17) is 4.74 Å². The molecule has 7 nitrogen and oxygen atoms in total. The van der Waals surface area contributed by atoms with E-state index in [0.29, 0.717) is 35.5 Å². The van der Waals surface area contributed by atoms with Gasteiger partial charge in [0.1, 0.15) is 0 Å². The Kier molecular flexibility index (Phi) is 6.40. The molecule has 2 aliphatic heterocycles. The average molecular weight is 604 g/mol. The molecule has 2 saturated carbocycles. The van der Waals surface area contributed by atoms with Gasteiger partial charge in [-0.15, -0.1) is 0 Å². The second-order valence-electron chi connectivity index (χ2n) is 15.4. The number of allylic oxidation sites excluding steroid dienone is 1. The fourth-order valence-electron chi connectivity index (χ4n) is 10.9. The molecule has 1 aromatic rings. The highest BCUT2D eigenvalue weighted by Gasteiger charge is 2.60. The highest BCUT2D eigenvalue weighted by Crippen LogP contribution is 2.64. The van der Waals surface area contributed by atoms with Gasteiger partial charge in [-0.2, -0.15) is 9.19 Å². The normalized spacial score (nSPS) is 45.8. The van der Waals surface area contributed by atoms with Crippen molar-refractivity contribution < 1.29 is 17.4 Å². The van der Waals surface area contributed by atoms with E-state index in [1.165, 1.54) is 36.0 Å². The van der Waals surface area contributed by atoms with Gasteiger partial charge in [0.05, 0.1) is 29.7 Å². The van der Waals surface area contributed by atoms with Crippen LogP contribution in [0, 0.1) is 40.9 Å². The lowest BCUT2D eigenvalue weighted by atomic mass is 9.52. The molecule has 7 rings (SSSR count). The van der Waals surface area contributed by atoms with Crippen LogP contribution in [0.1, 0.15) is 83.9 Å². The number of piperidine rings is 1. The Balaban J connectivity index is 1.18. The summed E-state index contributed by atoms with van der Waals surface area (Å²) in [6, 6.07) is 0.184. The molecule has 0 bridgehead atoms. The molecule has 0 radical (unpaired) electrons. The summed E-state index contributed by atoms with van der Waals surface area (Å²) < 4.78 is 48.3. The molecule has 6 aliphatic rings. The molecule has 0 N–H and O–H groups in total. The maximum atomic E-state index is 13.3. The SMILES string of the molecule is C=S(C)(=O)N1C[C@@H](C)C[C@H]2O[C@]3(CC[C@@H]4C(=C(C)C3)C[C@H]3[C@H]4CC[C@@H]4Cc5nn(S(C)(=O)=O)cc5C[C@@]43C)[C@H](C)[C@@H]21. The van der Waals surface area contributed by atoms with Crippen molar-refractivity contribution in [2.75, 3.05) is 19.1 Å². The van der Waals surface area contributed by atoms with Gasteiger partial charge >= 0.3 is 0 Å². The summed E-state index contributed by atoms with van der Waals surface area (Å²) in [4.78, 5) is 0. The summed E-state index contributed by atoms with van der Waals surface area (Å²) in [6.07, 6.45) is 14.7. The minimum Gasteiger partial charge on any atom is -0.369 e. The number of aromatic nitrogens is 2. The van der Waals surface area contributed by atoms with E-state index >= 15 is 0 Å².